The fourth-order valence-electron chi connectivity index (χ4n) is 3.94. The molecule has 2 atom stereocenters. The summed E-state index contributed by atoms with van der Waals surface area (Å²) in [7, 11) is 0. The topological polar surface area (TPSA) is 58.4 Å². The quantitative estimate of drug-likeness (QED) is 0.650. The van der Waals surface area contributed by atoms with Crippen LogP contribution in [0.15, 0.2) is 65.2 Å². The highest BCUT2D eigenvalue weighted by Gasteiger charge is 2.35. The van der Waals surface area contributed by atoms with Crippen molar-refractivity contribution in [2.24, 2.45) is 5.92 Å². The van der Waals surface area contributed by atoms with E-state index in [1.165, 1.54) is 12.1 Å². The first-order valence-electron chi connectivity index (χ1n) is 10.3. The van der Waals surface area contributed by atoms with Gasteiger partial charge in [-0.15, -0.1) is 0 Å². The van der Waals surface area contributed by atoms with Gasteiger partial charge in [-0.1, -0.05) is 49.3 Å². The lowest BCUT2D eigenvalue weighted by Gasteiger charge is -2.40. The maximum absolute atomic E-state index is 13.2. The molecule has 0 spiro atoms. The first-order chi connectivity index (χ1) is 14.5. The summed E-state index contributed by atoms with van der Waals surface area (Å²) in [6.07, 6.45) is 0.774. The van der Waals surface area contributed by atoms with Gasteiger partial charge in [0, 0.05) is 24.7 Å². The maximum atomic E-state index is 13.2. The van der Waals surface area contributed by atoms with Crippen molar-refractivity contribution >= 4 is 5.91 Å². The van der Waals surface area contributed by atoms with E-state index in [0.717, 1.165) is 23.2 Å². The fourth-order valence-corrected chi connectivity index (χ4v) is 3.94. The van der Waals surface area contributed by atoms with E-state index in [9.17, 15) is 9.18 Å². The molecule has 0 bridgehead atoms. The number of carbonyl (C=O) groups is 1. The Hall–Kier alpha value is -2.99. The van der Waals surface area contributed by atoms with Crippen LogP contribution in [-0.2, 0) is 11.3 Å². The molecule has 1 fully saturated rings. The molecule has 30 heavy (non-hydrogen) atoms. The zero-order valence-corrected chi connectivity index (χ0v) is 17.2. The predicted molar refractivity (Wildman–Crippen MR) is 113 cm³/mol. The standard InChI is InChI=1S/C24H26FN3O2/c1-16(2)12-22-24(29)26-21(17-6-4-3-5-7-17)15-28(22)14-20-13-23(30-27-20)18-8-10-19(25)11-9-18/h3-11,13,16,21-22H,12,14-15H2,1-2H3,(H,26,29). The number of halogens is 1. The number of nitrogens with zero attached hydrogens (tertiary/aromatic N) is 2. The summed E-state index contributed by atoms with van der Waals surface area (Å²) in [5.41, 5.74) is 2.61. The molecule has 0 aliphatic carbocycles. The van der Waals surface area contributed by atoms with Crippen molar-refractivity contribution in [2.75, 3.05) is 6.54 Å². The third kappa shape index (κ3) is 4.60. The van der Waals surface area contributed by atoms with E-state index in [2.05, 4.69) is 29.2 Å². The summed E-state index contributed by atoms with van der Waals surface area (Å²) < 4.78 is 18.7. The van der Waals surface area contributed by atoms with E-state index in [-0.39, 0.29) is 23.8 Å². The average molecular weight is 407 g/mol. The Morgan fingerprint density at radius 1 is 1.17 bits per heavy atom. The summed E-state index contributed by atoms with van der Waals surface area (Å²) >= 11 is 0. The Kier molecular flexibility index (Phi) is 5.95. The van der Waals surface area contributed by atoms with E-state index < -0.39 is 0 Å². The van der Waals surface area contributed by atoms with Crippen LogP contribution in [0.4, 0.5) is 4.39 Å². The van der Waals surface area contributed by atoms with Crippen molar-refractivity contribution in [3.05, 3.63) is 77.7 Å². The molecule has 0 saturated carbocycles. The average Bonchev–Trinajstić information content (AvgIpc) is 3.20. The van der Waals surface area contributed by atoms with Crippen LogP contribution in [0.2, 0.25) is 0 Å². The van der Waals surface area contributed by atoms with Crippen LogP contribution < -0.4 is 5.32 Å². The van der Waals surface area contributed by atoms with Crippen LogP contribution in [0.25, 0.3) is 11.3 Å². The van der Waals surface area contributed by atoms with E-state index in [1.807, 2.05) is 36.4 Å². The fraction of sp³-hybridized carbons (Fsp3) is 0.333. The first kappa shape index (κ1) is 20.3. The van der Waals surface area contributed by atoms with Crippen LogP contribution in [-0.4, -0.2) is 28.6 Å². The third-order valence-electron chi connectivity index (χ3n) is 5.43. The number of piperazine rings is 1. The van der Waals surface area contributed by atoms with Gasteiger partial charge < -0.3 is 9.84 Å². The van der Waals surface area contributed by atoms with E-state index in [0.29, 0.717) is 24.8 Å². The summed E-state index contributed by atoms with van der Waals surface area (Å²) in [5, 5.41) is 7.38. The Labute approximate surface area is 175 Å². The van der Waals surface area contributed by atoms with Gasteiger partial charge in [-0.3, -0.25) is 9.69 Å². The minimum Gasteiger partial charge on any atom is -0.356 e. The molecule has 3 aromatic rings. The van der Waals surface area contributed by atoms with E-state index in [1.54, 1.807) is 12.1 Å². The van der Waals surface area contributed by atoms with Crippen molar-refractivity contribution in [2.45, 2.75) is 38.9 Å². The highest BCUT2D eigenvalue weighted by molar-refractivity contribution is 5.83. The zero-order chi connectivity index (χ0) is 21.1. The third-order valence-corrected chi connectivity index (χ3v) is 5.43. The molecule has 1 aliphatic rings. The Balaban J connectivity index is 1.55. The van der Waals surface area contributed by atoms with Crippen LogP contribution in [0, 0.1) is 11.7 Å². The van der Waals surface area contributed by atoms with Crippen LogP contribution in [0.3, 0.4) is 0 Å². The molecule has 2 heterocycles. The van der Waals surface area contributed by atoms with Gasteiger partial charge in [0.1, 0.15) is 5.82 Å². The Bertz CT molecular complexity index is 985. The molecule has 1 saturated heterocycles. The summed E-state index contributed by atoms with van der Waals surface area (Å²) in [6.45, 7) is 5.46. The normalized spacial score (nSPS) is 19.8. The highest BCUT2D eigenvalue weighted by atomic mass is 19.1. The smallest absolute Gasteiger partial charge is 0.237 e. The lowest BCUT2D eigenvalue weighted by atomic mass is 9.95. The molecule has 1 amide bonds. The van der Waals surface area contributed by atoms with E-state index in [4.69, 9.17) is 4.52 Å². The van der Waals surface area contributed by atoms with Gasteiger partial charge in [-0.25, -0.2) is 4.39 Å². The van der Waals surface area contributed by atoms with Gasteiger partial charge in [0.2, 0.25) is 5.91 Å². The summed E-state index contributed by atoms with van der Waals surface area (Å²) in [6, 6.07) is 17.7. The number of nitrogens with one attached hydrogen (secondary N) is 1. The van der Waals surface area contributed by atoms with Crippen LogP contribution in [0.1, 0.15) is 37.6 Å². The summed E-state index contributed by atoms with van der Waals surface area (Å²) in [5.74, 6) is 0.738. The van der Waals surface area contributed by atoms with Crippen molar-refractivity contribution in [1.29, 1.82) is 0 Å². The van der Waals surface area contributed by atoms with Crippen LogP contribution >= 0.6 is 0 Å². The van der Waals surface area contributed by atoms with Crippen LogP contribution in [0.5, 0.6) is 0 Å². The molecule has 2 aromatic carbocycles. The number of amides is 1. The summed E-state index contributed by atoms with van der Waals surface area (Å²) in [4.78, 5) is 15.1. The number of hydrogen-bond donors (Lipinski definition) is 1. The van der Waals surface area contributed by atoms with Crippen molar-refractivity contribution in [3.8, 4) is 11.3 Å². The van der Waals surface area contributed by atoms with Gasteiger partial charge in [0.05, 0.1) is 17.8 Å². The number of rotatable bonds is 6. The maximum Gasteiger partial charge on any atom is 0.237 e. The number of benzene rings is 2. The molecule has 0 radical (unpaired) electrons. The highest BCUT2D eigenvalue weighted by Crippen LogP contribution is 2.27. The molecular formula is C24H26FN3O2. The molecular weight excluding hydrogens is 381 g/mol. The lowest BCUT2D eigenvalue weighted by molar-refractivity contribution is -0.132. The molecule has 156 valence electrons. The molecule has 1 aliphatic heterocycles. The molecule has 4 rings (SSSR count). The SMILES string of the molecule is CC(C)CC1C(=O)NC(c2ccccc2)CN1Cc1cc(-c2ccc(F)cc2)on1. The number of aromatic nitrogens is 1. The monoisotopic (exact) mass is 407 g/mol. The molecule has 6 heteroatoms. The second-order valence-corrected chi connectivity index (χ2v) is 8.24. The van der Waals surface area contributed by atoms with Crippen molar-refractivity contribution < 1.29 is 13.7 Å². The number of hydrogen-bond acceptors (Lipinski definition) is 4. The van der Waals surface area contributed by atoms with Gasteiger partial charge >= 0.3 is 0 Å². The largest absolute Gasteiger partial charge is 0.356 e. The molecule has 1 N–H and O–H groups in total. The Morgan fingerprint density at radius 2 is 1.90 bits per heavy atom. The van der Waals surface area contributed by atoms with Gasteiger partial charge in [-0.2, -0.15) is 0 Å². The lowest BCUT2D eigenvalue weighted by Crippen LogP contribution is -2.56. The van der Waals surface area contributed by atoms with Crippen molar-refractivity contribution in [3.63, 3.8) is 0 Å². The zero-order valence-electron chi connectivity index (χ0n) is 17.2. The predicted octanol–water partition coefficient (Wildman–Crippen LogP) is 4.57. The number of carbonyl (C=O) groups excluding carboxylic acids is 1. The van der Waals surface area contributed by atoms with E-state index >= 15 is 0 Å². The minimum absolute atomic E-state index is 0.0473. The minimum atomic E-state index is -0.290. The van der Waals surface area contributed by atoms with Crippen molar-refractivity contribution in [1.82, 2.24) is 15.4 Å². The second-order valence-electron chi connectivity index (χ2n) is 8.24. The second kappa shape index (κ2) is 8.79. The molecule has 2 unspecified atom stereocenters. The van der Waals surface area contributed by atoms with Gasteiger partial charge in [0.15, 0.2) is 5.76 Å². The van der Waals surface area contributed by atoms with Gasteiger partial charge in [-0.05, 0) is 42.2 Å². The molecule has 5 nitrogen and oxygen atoms in total. The first-order valence-corrected chi connectivity index (χ1v) is 10.3. The Morgan fingerprint density at radius 3 is 2.60 bits per heavy atom. The molecule has 1 aromatic heterocycles. The van der Waals surface area contributed by atoms with Gasteiger partial charge in [0.25, 0.3) is 0 Å².